The van der Waals surface area contributed by atoms with Crippen molar-refractivity contribution >= 4 is 5.91 Å². The summed E-state index contributed by atoms with van der Waals surface area (Å²) in [5.74, 6) is -0.197. The molecule has 0 aliphatic heterocycles. The molecule has 28 heavy (non-hydrogen) atoms. The van der Waals surface area contributed by atoms with E-state index in [-0.39, 0.29) is 11.9 Å². The van der Waals surface area contributed by atoms with E-state index in [1.165, 1.54) is 0 Å². The molecule has 138 valence electrons. The molecule has 4 rings (SSSR count). The summed E-state index contributed by atoms with van der Waals surface area (Å²) in [5.41, 5.74) is 3.69. The molecule has 6 heteroatoms. The molecular formula is C22H19N5O. The van der Waals surface area contributed by atoms with Crippen molar-refractivity contribution in [3.05, 3.63) is 96.7 Å². The van der Waals surface area contributed by atoms with Crippen molar-refractivity contribution in [3.8, 4) is 16.9 Å². The molecule has 0 saturated heterocycles. The van der Waals surface area contributed by atoms with Gasteiger partial charge in [-0.2, -0.15) is 5.10 Å². The Morgan fingerprint density at radius 2 is 1.71 bits per heavy atom. The van der Waals surface area contributed by atoms with Crippen LogP contribution < -0.4 is 5.32 Å². The van der Waals surface area contributed by atoms with E-state index in [4.69, 9.17) is 0 Å². The van der Waals surface area contributed by atoms with Crippen LogP contribution in [0.25, 0.3) is 16.9 Å². The Morgan fingerprint density at radius 1 is 0.964 bits per heavy atom. The van der Waals surface area contributed by atoms with Crippen LogP contribution in [-0.2, 0) is 0 Å². The molecule has 0 fully saturated rings. The first-order chi connectivity index (χ1) is 13.7. The molecule has 4 aromatic rings. The SMILES string of the molecule is CC(NC(=O)c1cn(-c2ccccc2)nc1-c1cccnc1)c1cccnc1. The zero-order chi connectivity index (χ0) is 19.3. The van der Waals surface area contributed by atoms with Crippen molar-refractivity contribution in [1.82, 2.24) is 25.1 Å². The molecule has 0 aliphatic rings. The number of amides is 1. The summed E-state index contributed by atoms with van der Waals surface area (Å²) in [7, 11) is 0. The molecule has 3 heterocycles. The number of hydrogen-bond donors (Lipinski definition) is 1. The Bertz CT molecular complexity index is 1060. The lowest BCUT2D eigenvalue weighted by Gasteiger charge is -2.13. The van der Waals surface area contributed by atoms with Gasteiger partial charge in [-0.15, -0.1) is 0 Å². The van der Waals surface area contributed by atoms with Crippen molar-refractivity contribution in [2.24, 2.45) is 0 Å². The second-order valence-electron chi connectivity index (χ2n) is 6.39. The summed E-state index contributed by atoms with van der Waals surface area (Å²) in [6.45, 7) is 1.93. The summed E-state index contributed by atoms with van der Waals surface area (Å²) < 4.78 is 1.71. The van der Waals surface area contributed by atoms with Crippen molar-refractivity contribution in [3.63, 3.8) is 0 Å². The van der Waals surface area contributed by atoms with Crippen molar-refractivity contribution in [2.75, 3.05) is 0 Å². The fraction of sp³-hybridized carbons (Fsp3) is 0.0909. The van der Waals surface area contributed by atoms with Gasteiger partial charge in [-0.25, -0.2) is 4.68 Å². The van der Waals surface area contributed by atoms with Gasteiger partial charge >= 0.3 is 0 Å². The normalized spacial score (nSPS) is 11.8. The van der Waals surface area contributed by atoms with E-state index >= 15 is 0 Å². The summed E-state index contributed by atoms with van der Waals surface area (Å²) in [6, 6.07) is 17.0. The Hall–Kier alpha value is -3.80. The Labute approximate surface area is 162 Å². The van der Waals surface area contributed by atoms with Gasteiger partial charge in [0.25, 0.3) is 5.91 Å². The van der Waals surface area contributed by atoms with Crippen molar-refractivity contribution in [1.29, 1.82) is 0 Å². The van der Waals surface area contributed by atoms with Gasteiger partial charge in [0.1, 0.15) is 5.69 Å². The van der Waals surface area contributed by atoms with Crippen LogP contribution in [0.2, 0.25) is 0 Å². The van der Waals surface area contributed by atoms with Crippen LogP contribution in [0.4, 0.5) is 0 Å². The summed E-state index contributed by atoms with van der Waals surface area (Å²) in [4.78, 5) is 21.3. The number of hydrogen-bond acceptors (Lipinski definition) is 4. The van der Waals surface area contributed by atoms with Gasteiger partial charge in [0.05, 0.1) is 17.3 Å². The summed E-state index contributed by atoms with van der Waals surface area (Å²) >= 11 is 0. The molecule has 1 aromatic carbocycles. The third-order valence-corrected chi connectivity index (χ3v) is 4.45. The lowest BCUT2D eigenvalue weighted by molar-refractivity contribution is 0.0940. The number of pyridine rings is 2. The quantitative estimate of drug-likeness (QED) is 0.580. The second-order valence-corrected chi connectivity index (χ2v) is 6.39. The predicted molar refractivity (Wildman–Crippen MR) is 107 cm³/mol. The van der Waals surface area contributed by atoms with E-state index in [1.54, 1.807) is 35.7 Å². The van der Waals surface area contributed by atoms with E-state index < -0.39 is 0 Å². The zero-order valence-electron chi connectivity index (χ0n) is 15.4. The molecule has 3 aromatic heterocycles. The average molecular weight is 369 g/mol. The lowest BCUT2D eigenvalue weighted by Crippen LogP contribution is -2.26. The maximum Gasteiger partial charge on any atom is 0.255 e. The van der Waals surface area contributed by atoms with Crippen LogP contribution in [0.3, 0.4) is 0 Å². The molecule has 1 N–H and O–H groups in total. The Balaban J connectivity index is 1.70. The fourth-order valence-corrected chi connectivity index (χ4v) is 2.96. The first-order valence-corrected chi connectivity index (χ1v) is 8.98. The van der Waals surface area contributed by atoms with Crippen LogP contribution in [0, 0.1) is 0 Å². The highest BCUT2D eigenvalue weighted by atomic mass is 16.1. The maximum atomic E-state index is 13.1. The highest BCUT2D eigenvalue weighted by Crippen LogP contribution is 2.24. The van der Waals surface area contributed by atoms with Crippen molar-refractivity contribution in [2.45, 2.75) is 13.0 Å². The molecular weight excluding hydrogens is 350 g/mol. The van der Waals surface area contributed by atoms with Crippen LogP contribution in [0.5, 0.6) is 0 Å². The number of rotatable bonds is 5. The molecule has 0 aliphatic carbocycles. The second kappa shape index (κ2) is 7.84. The highest BCUT2D eigenvalue weighted by molar-refractivity contribution is 6.00. The smallest absolute Gasteiger partial charge is 0.255 e. The standard InChI is InChI=1S/C22H19N5O/c1-16(17-7-5-11-23-13-17)25-22(28)20-15-27(19-9-3-2-4-10-19)26-21(20)18-8-6-12-24-14-18/h2-16H,1H3,(H,25,28). The highest BCUT2D eigenvalue weighted by Gasteiger charge is 2.20. The van der Waals surface area contributed by atoms with E-state index in [1.807, 2.05) is 61.5 Å². The number of nitrogens with zero attached hydrogens (tertiary/aromatic N) is 4. The summed E-state index contributed by atoms with van der Waals surface area (Å²) in [6.07, 6.45) is 8.62. The molecule has 0 saturated carbocycles. The average Bonchev–Trinajstić information content (AvgIpc) is 3.21. The van der Waals surface area contributed by atoms with Crippen LogP contribution in [0.15, 0.2) is 85.6 Å². The Kier molecular flexibility index (Phi) is 4.93. The van der Waals surface area contributed by atoms with E-state index in [0.29, 0.717) is 11.3 Å². The van der Waals surface area contributed by atoms with Gasteiger partial charge in [-0.3, -0.25) is 14.8 Å². The van der Waals surface area contributed by atoms with E-state index in [2.05, 4.69) is 20.4 Å². The van der Waals surface area contributed by atoms with Gasteiger partial charge in [0.15, 0.2) is 0 Å². The summed E-state index contributed by atoms with van der Waals surface area (Å²) in [5, 5.41) is 7.69. The number of benzene rings is 1. The largest absolute Gasteiger partial charge is 0.345 e. The molecule has 1 atom stereocenters. The first kappa shape index (κ1) is 17.6. The van der Waals surface area contributed by atoms with Gasteiger partial charge in [0, 0.05) is 36.5 Å². The van der Waals surface area contributed by atoms with Gasteiger partial charge in [-0.1, -0.05) is 24.3 Å². The van der Waals surface area contributed by atoms with Gasteiger partial charge in [0.2, 0.25) is 0 Å². The topological polar surface area (TPSA) is 72.7 Å². The van der Waals surface area contributed by atoms with E-state index in [9.17, 15) is 4.79 Å². The molecule has 0 spiro atoms. The minimum atomic E-state index is -0.197. The van der Waals surface area contributed by atoms with Crippen molar-refractivity contribution < 1.29 is 4.79 Å². The van der Waals surface area contributed by atoms with E-state index in [0.717, 1.165) is 16.8 Å². The molecule has 0 bridgehead atoms. The predicted octanol–water partition coefficient (Wildman–Crippen LogP) is 3.82. The van der Waals surface area contributed by atoms with Crippen LogP contribution in [0.1, 0.15) is 28.9 Å². The first-order valence-electron chi connectivity index (χ1n) is 8.98. The minimum Gasteiger partial charge on any atom is -0.345 e. The fourth-order valence-electron chi connectivity index (χ4n) is 2.96. The third kappa shape index (κ3) is 3.66. The monoisotopic (exact) mass is 369 g/mol. The number of carbonyl (C=O) groups excluding carboxylic acids is 1. The minimum absolute atomic E-state index is 0.178. The number of carbonyl (C=O) groups is 1. The molecule has 6 nitrogen and oxygen atoms in total. The number of nitrogens with one attached hydrogen (secondary N) is 1. The molecule has 0 radical (unpaired) electrons. The zero-order valence-corrected chi connectivity index (χ0v) is 15.4. The molecule has 1 unspecified atom stereocenters. The van der Waals surface area contributed by atoms with Crippen LogP contribution >= 0.6 is 0 Å². The van der Waals surface area contributed by atoms with Crippen LogP contribution in [-0.4, -0.2) is 25.7 Å². The third-order valence-electron chi connectivity index (χ3n) is 4.45. The van der Waals surface area contributed by atoms with Gasteiger partial charge < -0.3 is 5.32 Å². The maximum absolute atomic E-state index is 13.1. The molecule has 1 amide bonds. The number of aromatic nitrogens is 4. The number of para-hydroxylation sites is 1. The van der Waals surface area contributed by atoms with Gasteiger partial charge in [-0.05, 0) is 42.8 Å². The lowest BCUT2D eigenvalue weighted by atomic mass is 10.1. The Morgan fingerprint density at radius 3 is 2.39 bits per heavy atom.